The highest BCUT2D eigenvalue weighted by molar-refractivity contribution is 6.36. The van der Waals surface area contributed by atoms with E-state index in [2.05, 4.69) is 14.9 Å². The molecule has 1 atom stereocenters. The Bertz CT molecular complexity index is 1570. The molecule has 4 aromatic rings. The summed E-state index contributed by atoms with van der Waals surface area (Å²) in [4.78, 5) is 18.3. The minimum absolute atomic E-state index is 0.00717. The first-order chi connectivity index (χ1) is 19.5. The first kappa shape index (κ1) is 25.8. The second-order valence-electron chi connectivity index (χ2n) is 11.0. The molecule has 2 aromatic heterocycles. The van der Waals surface area contributed by atoms with Crippen LogP contribution in [-0.2, 0) is 4.74 Å². The molecule has 3 aliphatic heterocycles. The lowest BCUT2D eigenvalue weighted by atomic mass is 9.95. The van der Waals surface area contributed by atoms with E-state index in [-0.39, 0.29) is 29.4 Å². The summed E-state index contributed by atoms with van der Waals surface area (Å²) in [7, 11) is 0. The van der Waals surface area contributed by atoms with E-state index in [0.29, 0.717) is 48.1 Å². The van der Waals surface area contributed by atoms with E-state index in [1.165, 1.54) is 0 Å². The molecule has 40 heavy (non-hydrogen) atoms. The number of rotatable bonds is 5. The Balaban J connectivity index is 1.36. The summed E-state index contributed by atoms with van der Waals surface area (Å²) < 4.78 is 28.3. The zero-order chi connectivity index (χ0) is 27.3. The summed E-state index contributed by atoms with van der Waals surface area (Å²) in [5, 5.41) is 13.0. The Morgan fingerprint density at radius 2 is 1.90 bits per heavy atom. The van der Waals surface area contributed by atoms with Crippen molar-refractivity contribution < 1.29 is 19.0 Å². The van der Waals surface area contributed by atoms with Crippen molar-refractivity contribution >= 4 is 39.1 Å². The second kappa shape index (κ2) is 10.4. The molecule has 0 amide bonds. The number of aliphatic hydroxyl groups excluding tert-OH is 1. The van der Waals surface area contributed by atoms with E-state index in [0.717, 1.165) is 49.5 Å². The summed E-state index contributed by atoms with van der Waals surface area (Å²) >= 11 is 6.57. The monoisotopic (exact) mass is 563 g/mol. The zero-order valence-corrected chi connectivity index (χ0v) is 22.9. The van der Waals surface area contributed by atoms with Crippen LogP contribution in [0.4, 0.5) is 10.2 Å². The molecule has 2 aromatic carbocycles. The summed E-state index contributed by atoms with van der Waals surface area (Å²) in [6.45, 7) is 4.06. The van der Waals surface area contributed by atoms with Crippen LogP contribution in [-0.4, -0.2) is 82.6 Å². The highest BCUT2D eigenvalue weighted by Gasteiger charge is 2.45. The normalized spacial score (nSPS) is 21.2. The molecule has 7 rings (SSSR count). The SMILES string of the molecule is OC1COCCN(c2nc(OCC34CCCN3CCC4)nc3c(F)c(-c4cccc5cccc(Cl)c45)ncc23)C1. The summed E-state index contributed by atoms with van der Waals surface area (Å²) in [6.07, 6.45) is 5.36. The molecule has 3 fully saturated rings. The van der Waals surface area contributed by atoms with Gasteiger partial charge in [0.05, 0.1) is 30.2 Å². The average Bonchev–Trinajstić information content (AvgIpc) is 3.47. The van der Waals surface area contributed by atoms with E-state index in [1.54, 1.807) is 12.3 Å². The van der Waals surface area contributed by atoms with Crippen molar-refractivity contribution in [2.75, 3.05) is 50.9 Å². The van der Waals surface area contributed by atoms with Gasteiger partial charge in [-0.25, -0.2) is 4.39 Å². The number of aromatic nitrogens is 3. The lowest BCUT2D eigenvalue weighted by molar-refractivity contribution is 0.0597. The Labute approximate surface area is 236 Å². The third-order valence-corrected chi connectivity index (χ3v) is 8.90. The van der Waals surface area contributed by atoms with Crippen molar-refractivity contribution in [3.05, 3.63) is 53.4 Å². The topological polar surface area (TPSA) is 83.8 Å². The summed E-state index contributed by atoms with van der Waals surface area (Å²) in [5.41, 5.74) is 0.876. The molecule has 3 aliphatic rings. The van der Waals surface area contributed by atoms with E-state index >= 15 is 4.39 Å². The van der Waals surface area contributed by atoms with Crippen LogP contribution in [0.3, 0.4) is 0 Å². The van der Waals surface area contributed by atoms with Gasteiger partial charge < -0.3 is 19.5 Å². The van der Waals surface area contributed by atoms with Gasteiger partial charge >= 0.3 is 6.01 Å². The molecule has 8 nitrogen and oxygen atoms in total. The quantitative estimate of drug-likeness (QED) is 0.369. The molecular weight excluding hydrogens is 533 g/mol. The van der Waals surface area contributed by atoms with E-state index in [9.17, 15) is 5.11 Å². The first-order valence-corrected chi connectivity index (χ1v) is 14.3. The standard InChI is InChI=1S/C30H31ClFN5O3/c31-23-8-2-6-19-5-1-7-21(24(19)23)26-25(32)27-22(15-33-26)28(36-13-14-39-17-20(38)16-36)35-29(34-27)40-18-30-9-3-11-37(30)12-4-10-30/h1-2,5-8,15,20,38H,3-4,9-14,16-18H2. The number of aliphatic hydroxyl groups is 1. The number of fused-ring (bicyclic) bond motifs is 3. The zero-order valence-electron chi connectivity index (χ0n) is 22.2. The molecule has 208 valence electrons. The molecule has 10 heteroatoms. The van der Waals surface area contributed by atoms with Crippen LogP contribution < -0.4 is 9.64 Å². The lowest BCUT2D eigenvalue weighted by Gasteiger charge is -2.31. The Hall–Kier alpha value is -3.11. The third kappa shape index (κ3) is 4.45. The fourth-order valence-electron chi connectivity index (χ4n) is 6.65. The maximum absolute atomic E-state index is 16.5. The minimum Gasteiger partial charge on any atom is -0.461 e. The number of nitrogens with zero attached hydrogens (tertiary/aromatic N) is 5. The van der Waals surface area contributed by atoms with Gasteiger partial charge in [0, 0.05) is 35.3 Å². The number of pyridine rings is 1. The highest BCUT2D eigenvalue weighted by atomic mass is 35.5. The lowest BCUT2D eigenvalue weighted by Crippen LogP contribution is -2.43. The van der Waals surface area contributed by atoms with Crippen molar-refractivity contribution in [1.82, 2.24) is 19.9 Å². The second-order valence-corrected chi connectivity index (χ2v) is 11.4. The van der Waals surface area contributed by atoms with Crippen molar-refractivity contribution in [1.29, 1.82) is 0 Å². The third-order valence-electron chi connectivity index (χ3n) is 8.58. The van der Waals surface area contributed by atoms with Gasteiger partial charge in [-0.1, -0.05) is 41.9 Å². The maximum atomic E-state index is 16.5. The number of ether oxygens (including phenoxy) is 2. The minimum atomic E-state index is -0.698. The first-order valence-electron chi connectivity index (χ1n) is 13.9. The van der Waals surface area contributed by atoms with Gasteiger partial charge in [-0.2, -0.15) is 9.97 Å². The van der Waals surface area contributed by atoms with Gasteiger partial charge in [0.1, 0.15) is 23.6 Å². The molecule has 0 bridgehead atoms. The molecule has 5 heterocycles. The van der Waals surface area contributed by atoms with Crippen molar-refractivity contribution in [2.24, 2.45) is 0 Å². The van der Waals surface area contributed by atoms with E-state index in [4.69, 9.17) is 26.1 Å². The van der Waals surface area contributed by atoms with Gasteiger partial charge in [0.25, 0.3) is 0 Å². The summed E-state index contributed by atoms with van der Waals surface area (Å²) in [6, 6.07) is 11.4. The average molecular weight is 564 g/mol. The van der Waals surface area contributed by atoms with Crippen molar-refractivity contribution in [3.8, 4) is 17.3 Å². The van der Waals surface area contributed by atoms with Gasteiger partial charge in [0.2, 0.25) is 0 Å². The van der Waals surface area contributed by atoms with Crippen molar-refractivity contribution in [2.45, 2.75) is 37.3 Å². The molecule has 1 N–H and O–H groups in total. The molecule has 0 saturated carbocycles. The van der Waals surface area contributed by atoms with Gasteiger partial charge in [-0.3, -0.25) is 9.88 Å². The highest BCUT2D eigenvalue weighted by Crippen LogP contribution is 2.40. The van der Waals surface area contributed by atoms with Gasteiger partial charge in [-0.15, -0.1) is 0 Å². The Morgan fingerprint density at radius 3 is 2.73 bits per heavy atom. The summed E-state index contributed by atoms with van der Waals surface area (Å²) in [5.74, 6) is -0.0859. The fourth-order valence-corrected chi connectivity index (χ4v) is 6.94. The van der Waals surface area contributed by atoms with Crippen LogP contribution >= 0.6 is 11.6 Å². The van der Waals surface area contributed by atoms with E-state index in [1.807, 2.05) is 35.2 Å². The number of β-amino-alcohol motifs (C(OH)–C–C–N with tert-alkyl or cyclic N) is 1. The number of anilines is 1. The molecule has 0 spiro atoms. The molecule has 1 unspecified atom stereocenters. The number of benzene rings is 2. The molecule has 0 radical (unpaired) electrons. The molecule has 0 aliphatic carbocycles. The van der Waals surface area contributed by atoms with Crippen molar-refractivity contribution in [3.63, 3.8) is 0 Å². The number of halogens is 2. The van der Waals surface area contributed by atoms with Crippen LogP contribution in [0.15, 0.2) is 42.6 Å². The van der Waals surface area contributed by atoms with Crippen LogP contribution in [0.25, 0.3) is 32.9 Å². The smallest absolute Gasteiger partial charge is 0.319 e. The van der Waals surface area contributed by atoms with Crippen LogP contribution in [0, 0.1) is 5.82 Å². The van der Waals surface area contributed by atoms with Gasteiger partial charge in [-0.05, 0) is 50.2 Å². The predicted octanol–water partition coefficient (Wildman–Crippen LogP) is 4.84. The number of hydrogen-bond donors (Lipinski definition) is 1. The number of hydrogen-bond acceptors (Lipinski definition) is 8. The fraction of sp³-hybridized carbons (Fsp3) is 0.433. The Morgan fingerprint density at radius 1 is 1.10 bits per heavy atom. The van der Waals surface area contributed by atoms with Crippen LogP contribution in [0.5, 0.6) is 6.01 Å². The molecule has 3 saturated heterocycles. The maximum Gasteiger partial charge on any atom is 0.319 e. The van der Waals surface area contributed by atoms with Crippen LogP contribution in [0.2, 0.25) is 5.02 Å². The van der Waals surface area contributed by atoms with E-state index < -0.39 is 11.9 Å². The Kier molecular flexibility index (Phi) is 6.70. The van der Waals surface area contributed by atoms with Gasteiger partial charge in [0.15, 0.2) is 5.82 Å². The molecular formula is C30H31ClFN5O3. The van der Waals surface area contributed by atoms with Crippen LogP contribution in [0.1, 0.15) is 25.7 Å². The largest absolute Gasteiger partial charge is 0.461 e. The predicted molar refractivity (Wildman–Crippen MR) is 153 cm³/mol.